The summed E-state index contributed by atoms with van der Waals surface area (Å²) in [7, 11) is 0. The summed E-state index contributed by atoms with van der Waals surface area (Å²) in [5.74, 6) is 0. The normalized spacial score (nSPS) is 12.7. The Morgan fingerprint density at radius 1 is 0.339 bits per heavy atom. The first-order valence-electron chi connectivity index (χ1n) is 20.5. The second-order valence-electron chi connectivity index (χ2n) is 16.2. The number of para-hydroxylation sites is 2. The Morgan fingerprint density at radius 2 is 0.831 bits per heavy atom. The zero-order chi connectivity index (χ0) is 39.5. The molecular formula is C57H42N2. The molecule has 0 N–H and O–H groups in total. The number of nitrogens with zero attached hydrogens (tertiary/aromatic N) is 2. The number of anilines is 3. The van der Waals surface area contributed by atoms with Gasteiger partial charge in [0.25, 0.3) is 0 Å². The summed E-state index contributed by atoms with van der Waals surface area (Å²) >= 11 is 0. The van der Waals surface area contributed by atoms with Crippen LogP contribution in [-0.2, 0) is 5.41 Å². The molecule has 0 radical (unpaired) electrons. The molecule has 0 amide bonds. The average molecular weight is 755 g/mol. The molecule has 0 bridgehead atoms. The van der Waals surface area contributed by atoms with Gasteiger partial charge in [-0.1, -0.05) is 172 Å². The third kappa shape index (κ3) is 5.79. The SMILES string of the molecule is CC1(C)c2ccccc2-c2ccc(N(c3ccc(-c4cccc(-n5c6ccccc6c6ccccc65)c4)cc3)c3ccc(-c4ccccc4-c4ccccc4)cc3)cc21. The molecule has 0 unspecified atom stereocenters. The summed E-state index contributed by atoms with van der Waals surface area (Å²) in [4.78, 5) is 2.41. The molecule has 2 heteroatoms. The van der Waals surface area contributed by atoms with Gasteiger partial charge < -0.3 is 9.47 Å². The number of hydrogen-bond acceptors (Lipinski definition) is 1. The molecule has 280 valence electrons. The molecule has 9 aromatic carbocycles. The molecule has 1 heterocycles. The Bertz CT molecular complexity index is 3120. The maximum atomic E-state index is 2.41. The lowest BCUT2D eigenvalue weighted by atomic mass is 9.82. The fraction of sp³-hybridized carbons (Fsp3) is 0.0526. The quantitative estimate of drug-likeness (QED) is 0.157. The predicted molar refractivity (Wildman–Crippen MR) is 249 cm³/mol. The largest absolute Gasteiger partial charge is 0.310 e. The third-order valence-corrected chi connectivity index (χ3v) is 12.4. The second kappa shape index (κ2) is 13.9. The van der Waals surface area contributed by atoms with E-state index < -0.39 is 0 Å². The van der Waals surface area contributed by atoms with Crippen LogP contribution in [0.15, 0.2) is 218 Å². The summed E-state index contributed by atoms with van der Waals surface area (Å²) < 4.78 is 2.39. The summed E-state index contributed by atoms with van der Waals surface area (Å²) in [6.45, 7) is 4.71. The topological polar surface area (TPSA) is 8.17 Å². The molecule has 0 saturated carbocycles. The van der Waals surface area contributed by atoms with E-state index in [9.17, 15) is 0 Å². The van der Waals surface area contributed by atoms with Crippen LogP contribution in [0.5, 0.6) is 0 Å². The van der Waals surface area contributed by atoms with Gasteiger partial charge in [-0.15, -0.1) is 0 Å². The van der Waals surface area contributed by atoms with E-state index in [0.717, 1.165) is 22.7 Å². The van der Waals surface area contributed by atoms with Gasteiger partial charge in [0.05, 0.1) is 11.0 Å². The minimum Gasteiger partial charge on any atom is -0.310 e. The lowest BCUT2D eigenvalue weighted by Gasteiger charge is -2.28. The van der Waals surface area contributed by atoms with Crippen LogP contribution in [0.2, 0.25) is 0 Å². The van der Waals surface area contributed by atoms with Gasteiger partial charge in [0.15, 0.2) is 0 Å². The van der Waals surface area contributed by atoms with Crippen LogP contribution in [0.4, 0.5) is 17.1 Å². The van der Waals surface area contributed by atoms with E-state index >= 15 is 0 Å². The fourth-order valence-corrected chi connectivity index (χ4v) is 9.50. The van der Waals surface area contributed by atoms with Crippen molar-refractivity contribution in [3.8, 4) is 50.2 Å². The highest BCUT2D eigenvalue weighted by Gasteiger charge is 2.35. The number of benzene rings is 9. The van der Waals surface area contributed by atoms with Crippen LogP contribution in [0.25, 0.3) is 72.0 Å². The molecule has 11 rings (SSSR count). The van der Waals surface area contributed by atoms with Crippen molar-refractivity contribution in [3.63, 3.8) is 0 Å². The van der Waals surface area contributed by atoms with Crippen molar-refractivity contribution in [1.82, 2.24) is 4.57 Å². The maximum Gasteiger partial charge on any atom is 0.0541 e. The Hall–Kier alpha value is -7.42. The summed E-state index contributed by atoms with van der Waals surface area (Å²) in [5, 5.41) is 2.54. The van der Waals surface area contributed by atoms with Gasteiger partial charge in [0.2, 0.25) is 0 Å². The molecule has 59 heavy (non-hydrogen) atoms. The molecule has 1 aromatic heterocycles. The van der Waals surface area contributed by atoms with Gasteiger partial charge in [-0.25, -0.2) is 0 Å². The van der Waals surface area contributed by atoms with Gasteiger partial charge in [-0.05, 0) is 116 Å². The first kappa shape index (κ1) is 34.8. The minimum atomic E-state index is -0.107. The van der Waals surface area contributed by atoms with E-state index in [1.165, 1.54) is 77.4 Å². The first-order valence-corrected chi connectivity index (χ1v) is 20.5. The maximum absolute atomic E-state index is 2.41. The van der Waals surface area contributed by atoms with Crippen molar-refractivity contribution in [2.24, 2.45) is 0 Å². The standard InChI is InChI=1S/C57H42N2/c1-57(2)53-24-11-8-21-49(53)50-36-35-46(38-54(50)57)58(44-33-29-41(30-34-44)48-20-7-6-19-47(48)40-15-4-3-5-16-40)43-31-27-39(28-32-43)42-17-14-18-45(37-42)59-55-25-12-9-22-51(55)52-23-10-13-26-56(52)59/h3-38H,1-2H3. The van der Waals surface area contributed by atoms with Crippen molar-refractivity contribution in [3.05, 3.63) is 230 Å². The molecule has 0 fully saturated rings. The molecule has 0 atom stereocenters. The van der Waals surface area contributed by atoms with E-state index in [1.54, 1.807) is 0 Å². The fourth-order valence-electron chi connectivity index (χ4n) is 9.50. The number of hydrogen-bond donors (Lipinski definition) is 0. The first-order chi connectivity index (χ1) is 29.0. The molecule has 1 aliphatic rings. The van der Waals surface area contributed by atoms with Gasteiger partial charge in [0, 0.05) is 38.9 Å². The van der Waals surface area contributed by atoms with Gasteiger partial charge in [-0.3, -0.25) is 0 Å². The predicted octanol–water partition coefficient (Wildman–Crippen LogP) is 15.6. The second-order valence-corrected chi connectivity index (χ2v) is 16.2. The molecule has 1 aliphatic carbocycles. The Labute approximate surface area is 345 Å². The average Bonchev–Trinajstić information content (AvgIpc) is 3.75. The molecule has 0 saturated heterocycles. The molecule has 2 nitrogen and oxygen atoms in total. The van der Waals surface area contributed by atoms with Crippen LogP contribution >= 0.6 is 0 Å². The highest BCUT2D eigenvalue weighted by molar-refractivity contribution is 6.09. The number of rotatable bonds is 7. The summed E-state index contributed by atoms with van der Waals surface area (Å²) in [6, 6.07) is 79.8. The van der Waals surface area contributed by atoms with Crippen LogP contribution < -0.4 is 4.90 Å². The van der Waals surface area contributed by atoms with Gasteiger partial charge in [0.1, 0.15) is 0 Å². The molecule has 0 aliphatic heterocycles. The zero-order valence-corrected chi connectivity index (χ0v) is 33.2. The smallest absolute Gasteiger partial charge is 0.0541 e. The van der Waals surface area contributed by atoms with E-state index in [-0.39, 0.29) is 5.41 Å². The zero-order valence-electron chi connectivity index (χ0n) is 33.2. The summed E-state index contributed by atoms with van der Waals surface area (Å²) in [6.07, 6.45) is 0. The van der Waals surface area contributed by atoms with E-state index in [0.29, 0.717) is 0 Å². The molecule has 10 aromatic rings. The third-order valence-electron chi connectivity index (χ3n) is 12.4. The Morgan fingerprint density at radius 3 is 1.49 bits per heavy atom. The van der Waals surface area contributed by atoms with Crippen molar-refractivity contribution < 1.29 is 0 Å². The number of aromatic nitrogens is 1. The molecule has 0 spiro atoms. The lowest BCUT2D eigenvalue weighted by Crippen LogP contribution is -2.16. The van der Waals surface area contributed by atoms with E-state index in [1.807, 2.05) is 0 Å². The highest BCUT2D eigenvalue weighted by Crippen LogP contribution is 2.51. The van der Waals surface area contributed by atoms with E-state index in [4.69, 9.17) is 0 Å². The number of fused-ring (bicyclic) bond motifs is 6. The lowest BCUT2D eigenvalue weighted by molar-refractivity contribution is 0.660. The van der Waals surface area contributed by atoms with Crippen molar-refractivity contribution in [1.29, 1.82) is 0 Å². The molecular weight excluding hydrogens is 713 g/mol. The van der Waals surface area contributed by atoms with Crippen molar-refractivity contribution >= 4 is 38.9 Å². The summed E-state index contributed by atoms with van der Waals surface area (Å²) in [5.41, 5.74) is 19.5. The monoisotopic (exact) mass is 754 g/mol. The van der Waals surface area contributed by atoms with E-state index in [2.05, 4.69) is 242 Å². The van der Waals surface area contributed by atoms with Crippen molar-refractivity contribution in [2.75, 3.05) is 4.90 Å². The van der Waals surface area contributed by atoms with Crippen LogP contribution in [0.1, 0.15) is 25.0 Å². The Balaban J connectivity index is 1.00. The van der Waals surface area contributed by atoms with Crippen LogP contribution in [-0.4, -0.2) is 4.57 Å². The van der Waals surface area contributed by atoms with Crippen LogP contribution in [0, 0.1) is 0 Å². The minimum absolute atomic E-state index is 0.107. The van der Waals surface area contributed by atoms with Gasteiger partial charge >= 0.3 is 0 Å². The van der Waals surface area contributed by atoms with Gasteiger partial charge in [-0.2, -0.15) is 0 Å². The highest BCUT2D eigenvalue weighted by atomic mass is 15.1. The van der Waals surface area contributed by atoms with Crippen molar-refractivity contribution in [2.45, 2.75) is 19.3 Å². The Kier molecular flexibility index (Phi) is 8.20. The van der Waals surface area contributed by atoms with Crippen LogP contribution in [0.3, 0.4) is 0 Å².